The molecule has 1 fully saturated rings. The van der Waals surface area contributed by atoms with Crippen LogP contribution < -0.4 is 10.6 Å². The summed E-state index contributed by atoms with van der Waals surface area (Å²) in [7, 11) is 6.86. The van der Waals surface area contributed by atoms with Crippen LogP contribution in [0.2, 0.25) is 0 Å². The molecule has 1 heterocycles. The van der Waals surface area contributed by atoms with Gasteiger partial charge in [0, 0.05) is 59.0 Å². The number of benzene rings is 1. The zero-order valence-corrected chi connectivity index (χ0v) is 18.8. The summed E-state index contributed by atoms with van der Waals surface area (Å²) in [5.41, 5.74) is 0.0414. The molecular formula is C21H34F2N6O2. The molecule has 2 N–H and O–H groups in total. The third kappa shape index (κ3) is 7.41. The maximum Gasteiger partial charge on any atom is 0.234 e. The van der Waals surface area contributed by atoms with Crippen molar-refractivity contribution in [3.8, 4) is 0 Å². The third-order valence-corrected chi connectivity index (χ3v) is 5.29. The molecule has 0 bridgehead atoms. The Morgan fingerprint density at radius 1 is 1.19 bits per heavy atom. The third-order valence-electron chi connectivity index (χ3n) is 5.29. The summed E-state index contributed by atoms with van der Waals surface area (Å²) in [4.78, 5) is 22.2. The van der Waals surface area contributed by atoms with Gasteiger partial charge >= 0.3 is 0 Å². The van der Waals surface area contributed by atoms with Gasteiger partial charge in [-0.3, -0.25) is 14.7 Å². The Hall–Kier alpha value is -2.30. The molecule has 1 unspecified atom stereocenters. The topological polar surface area (TPSA) is 72.4 Å². The molecule has 0 aromatic heterocycles. The van der Waals surface area contributed by atoms with Gasteiger partial charge in [0.25, 0.3) is 0 Å². The number of hydrogen-bond acceptors (Lipinski definition) is 5. The standard InChI is InChI=1S/C21H34F2N6O2/c1-24-21(26-14-18(27(2)3)20-16(22)6-5-7-17(20)23)29-11-9-28(10-12-29)15-19(30)25-8-13-31-4/h5-7,18H,8-15H2,1-4H3,(H,24,26)(H,25,30). The highest BCUT2D eigenvalue weighted by molar-refractivity contribution is 5.80. The number of aliphatic imine (C=N–C) groups is 1. The van der Waals surface area contributed by atoms with E-state index in [-0.39, 0.29) is 11.5 Å². The minimum atomic E-state index is -0.562. The number of ether oxygens (including phenoxy) is 1. The van der Waals surface area contributed by atoms with E-state index in [0.717, 1.165) is 13.1 Å². The Balaban J connectivity index is 1.89. The van der Waals surface area contributed by atoms with Gasteiger partial charge < -0.3 is 25.2 Å². The molecule has 0 radical (unpaired) electrons. The second kappa shape index (κ2) is 12.5. The molecule has 2 rings (SSSR count). The van der Waals surface area contributed by atoms with Crippen LogP contribution in [-0.2, 0) is 9.53 Å². The quantitative estimate of drug-likeness (QED) is 0.332. The molecule has 1 atom stereocenters. The average molecular weight is 441 g/mol. The number of carbonyl (C=O) groups excluding carboxylic acids is 1. The van der Waals surface area contributed by atoms with E-state index >= 15 is 0 Å². The fourth-order valence-electron chi connectivity index (χ4n) is 3.56. The predicted octanol–water partition coefficient (Wildman–Crippen LogP) is 0.523. The fraction of sp³-hybridized carbons (Fsp3) is 0.619. The van der Waals surface area contributed by atoms with Gasteiger partial charge in [-0.25, -0.2) is 8.78 Å². The van der Waals surface area contributed by atoms with Gasteiger partial charge in [-0.15, -0.1) is 0 Å². The first-order valence-corrected chi connectivity index (χ1v) is 10.4. The Morgan fingerprint density at radius 3 is 2.39 bits per heavy atom. The van der Waals surface area contributed by atoms with Crippen LogP contribution in [-0.4, -0.2) is 107 Å². The SMILES string of the molecule is CN=C(NCC(c1c(F)cccc1F)N(C)C)N1CCN(CC(=O)NCCOC)CC1. The number of hydrogen-bond donors (Lipinski definition) is 2. The number of amides is 1. The van der Waals surface area contributed by atoms with Crippen molar-refractivity contribution in [1.29, 1.82) is 0 Å². The minimum absolute atomic E-state index is 0.0197. The van der Waals surface area contributed by atoms with E-state index in [1.807, 2.05) is 0 Å². The summed E-state index contributed by atoms with van der Waals surface area (Å²) < 4.78 is 33.5. The number of halogens is 2. The molecular weight excluding hydrogens is 406 g/mol. The van der Waals surface area contributed by atoms with Gasteiger partial charge in [-0.05, 0) is 26.2 Å². The van der Waals surface area contributed by atoms with E-state index < -0.39 is 17.7 Å². The van der Waals surface area contributed by atoms with Crippen LogP contribution >= 0.6 is 0 Å². The Bertz CT molecular complexity index is 718. The normalized spacial score (nSPS) is 16.5. The van der Waals surface area contributed by atoms with Crippen molar-refractivity contribution in [3.05, 3.63) is 35.4 Å². The first-order chi connectivity index (χ1) is 14.9. The summed E-state index contributed by atoms with van der Waals surface area (Å²) in [6.45, 7) is 4.48. The lowest BCUT2D eigenvalue weighted by Gasteiger charge is -2.37. The van der Waals surface area contributed by atoms with E-state index in [0.29, 0.717) is 45.3 Å². The van der Waals surface area contributed by atoms with Gasteiger partial charge in [-0.1, -0.05) is 6.07 Å². The smallest absolute Gasteiger partial charge is 0.234 e. The molecule has 1 aromatic rings. The van der Waals surface area contributed by atoms with Crippen molar-refractivity contribution in [1.82, 2.24) is 25.3 Å². The highest BCUT2D eigenvalue weighted by Gasteiger charge is 2.25. The van der Waals surface area contributed by atoms with Crippen molar-refractivity contribution in [2.45, 2.75) is 6.04 Å². The largest absolute Gasteiger partial charge is 0.383 e. The lowest BCUT2D eigenvalue weighted by molar-refractivity contribution is -0.122. The van der Waals surface area contributed by atoms with E-state index in [9.17, 15) is 13.6 Å². The zero-order chi connectivity index (χ0) is 22.8. The van der Waals surface area contributed by atoms with Gasteiger partial charge in [0.15, 0.2) is 5.96 Å². The average Bonchev–Trinajstić information content (AvgIpc) is 2.73. The number of piperazine rings is 1. The highest BCUT2D eigenvalue weighted by Crippen LogP contribution is 2.24. The van der Waals surface area contributed by atoms with Gasteiger partial charge in [0.2, 0.25) is 5.91 Å². The number of nitrogens with one attached hydrogen (secondary N) is 2. The van der Waals surface area contributed by atoms with Crippen molar-refractivity contribution in [3.63, 3.8) is 0 Å². The van der Waals surface area contributed by atoms with Crippen LogP contribution in [0.15, 0.2) is 23.2 Å². The molecule has 174 valence electrons. The predicted molar refractivity (Wildman–Crippen MR) is 117 cm³/mol. The molecule has 1 aromatic carbocycles. The molecule has 0 saturated carbocycles. The number of nitrogens with zero attached hydrogens (tertiary/aromatic N) is 4. The summed E-state index contributed by atoms with van der Waals surface area (Å²) in [6, 6.07) is 3.42. The summed E-state index contributed by atoms with van der Waals surface area (Å²) >= 11 is 0. The molecule has 1 aliphatic rings. The van der Waals surface area contributed by atoms with Crippen molar-refractivity contribution in [2.24, 2.45) is 4.99 Å². The summed E-state index contributed by atoms with van der Waals surface area (Å²) in [6.07, 6.45) is 0. The molecule has 1 amide bonds. The molecule has 1 aliphatic heterocycles. The maximum atomic E-state index is 14.3. The summed E-state index contributed by atoms with van der Waals surface area (Å²) in [5.74, 6) is -0.470. The van der Waals surface area contributed by atoms with Crippen LogP contribution in [0.3, 0.4) is 0 Å². The summed E-state index contributed by atoms with van der Waals surface area (Å²) in [5, 5.41) is 6.08. The minimum Gasteiger partial charge on any atom is -0.383 e. The second-order valence-electron chi connectivity index (χ2n) is 7.65. The van der Waals surface area contributed by atoms with E-state index in [2.05, 4.69) is 25.4 Å². The Labute approximate surface area is 183 Å². The Morgan fingerprint density at radius 2 is 1.84 bits per heavy atom. The fourth-order valence-corrected chi connectivity index (χ4v) is 3.56. The lowest BCUT2D eigenvalue weighted by atomic mass is 10.0. The maximum absolute atomic E-state index is 14.3. The number of guanidine groups is 1. The number of rotatable bonds is 9. The van der Waals surface area contributed by atoms with E-state index in [1.54, 1.807) is 33.2 Å². The van der Waals surface area contributed by atoms with Crippen LogP contribution in [0.4, 0.5) is 8.78 Å². The lowest BCUT2D eigenvalue weighted by Crippen LogP contribution is -2.54. The molecule has 31 heavy (non-hydrogen) atoms. The zero-order valence-electron chi connectivity index (χ0n) is 18.8. The van der Waals surface area contributed by atoms with Crippen LogP contribution in [0, 0.1) is 11.6 Å². The van der Waals surface area contributed by atoms with Gasteiger partial charge in [-0.2, -0.15) is 0 Å². The molecule has 0 aliphatic carbocycles. The monoisotopic (exact) mass is 440 g/mol. The van der Waals surface area contributed by atoms with Crippen molar-refractivity contribution < 1.29 is 18.3 Å². The first kappa shape index (κ1) is 25.0. The Kier molecular flexibility index (Phi) is 10.1. The number of likely N-dealkylation sites (N-methyl/N-ethyl adjacent to an activating group) is 1. The molecule has 0 spiro atoms. The number of carbonyl (C=O) groups is 1. The van der Waals surface area contributed by atoms with E-state index in [1.165, 1.54) is 18.2 Å². The van der Waals surface area contributed by atoms with Crippen LogP contribution in [0.1, 0.15) is 11.6 Å². The van der Waals surface area contributed by atoms with Gasteiger partial charge in [0.05, 0.1) is 19.2 Å². The van der Waals surface area contributed by atoms with Gasteiger partial charge in [0.1, 0.15) is 11.6 Å². The van der Waals surface area contributed by atoms with Crippen LogP contribution in [0.5, 0.6) is 0 Å². The van der Waals surface area contributed by atoms with Crippen molar-refractivity contribution in [2.75, 3.05) is 80.7 Å². The molecule has 1 saturated heterocycles. The van der Waals surface area contributed by atoms with E-state index in [4.69, 9.17) is 4.74 Å². The number of methoxy groups -OCH3 is 1. The van der Waals surface area contributed by atoms with Crippen LogP contribution in [0.25, 0.3) is 0 Å². The van der Waals surface area contributed by atoms with Crippen molar-refractivity contribution >= 4 is 11.9 Å². The highest BCUT2D eigenvalue weighted by atomic mass is 19.1. The molecule has 8 nitrogen and oxygen atoms in total. The first-order valence-electron chi connectivity index (χ1n) is 10.4. The second-order valence-corrected chi connectivity index (χ2v) is 7.65. The molecule has 10 heteroatoms.